The maximum absolute atomic E-state index is 9.10. The van der Waals surface area contributed by atoms with E-state index in [1.54, 1.807) is 0 Å². The molecule has 1 aromatic rings. The van der Waals surface area contributed by atoms with Gasteiger partial charge in [0.1, 0.15) is 5.75 Å². The van der Waals surface area contributed by atoms with Crippen LogP contribution >= 0.6 is 0 Å². The summed E-state index contributed by atoms with van der Waals surface area (Å²) in [7, 11) is 0. The summed E-state index contributed by atoms with van der Waals surface area (Å²) in [6.45, 7) is 4.72. The van der Waals surface area contributed by atoms with E-state index in [0.29, 0.717) is 19.1 Å². The Hall–Kier alpha value is -1.10. The summed E-state index contributed by atoms with van der Waals surface area (Å²) >= 11 is 0. The van der Waals surface area contributed by atoms with Crippen LogP contribution < -0.4 is 10.5 Å². The smallest absolute Gasteiger partial charge is 0.123 e. The first-order valence-corrected chi connectivity index (χ1v) is 7.07. The summed E-state index contributed by atoms with van der Waals surface area (Å²) in [5.74, 6) is 1.37. The summed E-state index contributed by atoms with van der Waals surface area (Å²) < 4.78 is 5.78. The number of aliphatic hydroxyl groups excluding tert-OH is 1. The van der Waals surface area contributed by atoms with Crippen LogP contribution in [-0.2, 0) is 6.54 Å². The van der Waals surface area contributed by atoms with Crippen LogP contribution in [0.3, 0.4) is 0 Å². The van der Waals surface area contributed by atoms with Gasteiger partial charge in [0.05, 0.1) is 6.61 Å². The SMILES string of the molecule is NCc1ccccc1OCCCN1CCC(CO)C1. The number of hydrogen-bond donors (Lipinski definition) is 2. The fraction of sp³-hybridized carbons (Fsp3) is 0.600. The Morgan fingerprint density at radius 2 is 2.21 bits per heavy atom. The molecule has 4 nitrogen and oxygen atoms in total. The third-order valence-corrected chi connectivity index (χ3v) is 3.70. The van der Waals surface area contributed by atoms with E-state index in [-0.39, 0.29) is 0 Å². The second-order valence-electron chi connectivity index (χ2n) is 5.15. The molecule has 19 heavy (non-hydrogen) atoms. The highest BCUT2D eigenvalue weighted by molar-refractivity contribution is 5.32. The number of ether oxygens (including phenoxy) is 1. The average molecular weight is 264 g/mol. The summed E-state index contributed by atoms with van der Waals surface area (Å²) in [6.07, 6.45) is 2.13. The first-order valence-electron chi connectivity index (χ1n) is 7.07. The molecule has 1 aliphatic heterocycles. The van der Waals surface area contributed by atoms with Gasteiger partial charge in [-0.25, -0.2) is 0 Å². The van der Waals surface area contributed by atoms with Gasteiger partial charge in [-0.1, -0.05) is 18.2 Å². The van der Waals surface area contributed by atoms with E-state index in [1.807, 2.05) is 24.3 Å². The van der Waals surface area contributed by atoms with Gasteiger partial charge in [0.15, 0.2) is 0 Å². The van der Waals surface area contributed by atoms with Gasteiger partial charge in [0.2, 0.25) is 0 Å². The summed E-state index contributed by atoms with van der Waals surface area (Å²) in [4.78, 5) is 2.40. The quantitative estimate of drug-likeness (QED) is 0.727. The molecule has 1 atom stereocenters. The molecule has 0 bridgehead atoms. The van der Waals surface area contributed by atoms with Crippen molar-refractivity contribution in [2.24, 2.45) is 11.7 Å². The number of hydrogen-bond acceptors (Lipinski definition) is 4. The lowest BCUT2D eigenvalue weighted by molar-refractivity contribution is 0.215. The van der Waals surface area contributed by atoms with E-state index in [9.17, 15) is 0 Å². The minimum atomic E-state index is 0.316. The Morgan fingerprint density at radius 1 is 1.37 bits per heavy atom. The lowest BCUT2D eigenvalue weighted by Crippen LogP contribution is -2.24. The molecule has 4 heteroatoms. The number of likely N-dealkylation sites (tertiary alicyclic amines) is 1. The lowest BCUT2D eigenvalue weighted by Gasteiger charge is -2.16. The topological polar surface area (TPSA) is 58.7 Å². The van der Waals surface area contributed by atoms with Gasteiger partial charge in [-0.3, -0.25) is 0 Å². The molecule has 0 amide bonds. The van der Waals surface area contributed by atoms with Crippen LogP contribution in [0.1, 0.15) is 18.4 Å². The lowest BCUT2D eigenvalue weighted by atomic mass is 10.1. The number of nitrogens with zero attached hydrogens (tertiary/aromatic N) is 1. The van der Waals surface area contributed by atoms with Gasteiger partial charge < -0.3 is 20.5 Å². The van der Waals surface area contributed by atoms with Gasteiger partial charge in [-0.05, 0) is 31.4 Å². The van der Waals surface area contributed by atoms with E-state index in [1.165, 1.54) is 0 Å². The number of benzene rings is 1. The van der Waals surface area contributed by atoms with Gasteiger partial charge in [-0.15, -0.1) is 0 Å². The number of nitrogens with two attached hydrogens (primary N) is 1. The van der Waals surface area contributed by atoms with Crippen molar-refractivity contribution in [3.05, 3.63) is 29.8 Å². The predicted molar refractivity (Wildman–Crippen MR) is 76.1 cm³/mol. The molecular formula is C15H24N2O2. The van der Waals surface area contributed by atoms with Crippen LogP contribution in [0.2, 0.25) is 0 Å². The average Bonchev–Trinajstić information content (AvgIpc) is 2.92. The molecule has 1 aromatic carbocycles. The van der Waals surface area contributed by atoms with Gasteiger partial charge in [0, 0.05) is 31.8 Å². The summed E-state index contributed by atoms with van der Waals surface area (Å²) in [6, 6.07) is 7.93. The van der Waals surface area contributed by atoms with Crippen LogP contribution in [0.25, 0.3) is 0 Å². The normalized spacial score (nSPS) is 19.8. The molecule has 1 aliphatic rings. The van der Waals surface area contributed by atoms with Crippen LogP contribution in [0.4, 0.5) is 0 Å². The number of rotatable bonds is 7. The zero-order valence-electron chi connectivity index (χ0n) is 11.4. The van der Waals surface area contributed by atoms with Crippen LogP contribution in [-0.4, -0.2) is 42.9 Å². The van der Waals surface area contributed by atoms with Gasteiger partial charge >= 0.3 is 0 Å². The predicted octanol–water partition coefficient (Wildman–Crippen LogP) is 1.23. The van der Waals surface area contributed by atoms with E-state index in [4.69, 9.17) is 15.6 Å². The maximum Gasteiger partial charge on any atom is 0.123 e. The second kappa shape index (κ2) is 7.48. The Morgan fingerprint density at radius 3 is 2.95 bits per heavy atom. The van der Waals surface area contributed by atoms with E-state index >= 15 is 0 Å². The molecule has 0 spiro atoms. The number of para-hydroxylation sites is 1. The molecular weight excluding hydrogens is 240 g/mol. The monoisotopic (exact) mass is 264 g/mol. The molecule has 1 unspecified atom stereocenters. The van der Waals surface area contributed by atoms with Crippen molar-refractivity contribution in [2.45, 2.75) is 19.4 Å². The number of aliphatic hydroxyl groups is 1. The van der Waals surface area contributed by atoms with E-state index in [0.717, 1.165) is 50.4 Å². The standard InChI is InChI=1S/C15H24N2O2/c16-10-14-4-1-2-5-15(14)19-9-3-7-17-8-6-13(11-17)12-18/h1-2,4-5,13,18H,3,6-12,16H2. The van der Waals surface area contributed by atoms with Crippen molar-refractivity contribution < 1.29 is 9.84 Å². The zero-order chi connectivity index (χ0) is 13.5. The van der Waals surface area contributed by atoms with Crippen molar-refractivity contribution in [2.75, 3.05) is 32.8 Å². The van der Waals surface area contributed by atoms with Gasteiger partial charge in [0.25, 0.3) is 0 Å². The van der Waals surface area contributed by atoms with E-state index < -0.39 is 0 Å². The maximum atomic E-state index is 9.10. The van der Waals surface area contributed by atoms with E-state index in [2.05, 4.69) is 4.90 Å². The van der Waals surface area contributed by atoms with Gasteiger partial charge in [-0.2, -0.15) is 0 Å². The Labute approximate surface area is 115 Å². The molecule has 106 valence electrons. The molecule has 1 fully saturated rings. The molecule has 3 N–H and O–H groups in total. The molecule has 1 heterocycles. The van der Waals surface area contributed by atoms with Crippen molar-refractivity contribution in [1.82, 2.24) is 4.90 Å². The van der Waals surface area contributed by atoms with Crippen molar-refractivity contribution in [3.8, 4) is 5.75 Å². The Balaban J connectivity index is 1.67. The molecule has 0 aliphatic carbocycles. The van der Waals surface area contributed by atoms with Crippen LogP contribution in [0, 0.1) is 5.92 Å². The first-order chi connectivity index (χ1) is 9.33. The summed E-state index contributed by atoms with van der Waals surface area (Å²) in [5.41, 5.74) is 6.73. The van der Waals surface area contributed by atoms with Crippen molar-refractivity contribution in [1.29, 1.82) is 0 Å². The molecule has 2 rings (SSSR count). The van der Waals surface area contributed by atoms with Crippen molar-refractivity contribution in [3.63, 3.8) is 0 Å². The largest absolute Gasteiger partial charge is 0.493 e. The zero-order valence-corrected chi connectivity index (χ0v) is 11.4. The second-order valence-corrected chi connectivity index (χ2v) is 5.15. The van der Waals surface area contributed by atoms with Crippen LogP contribution in [0.5, 0.6) is 5.75 Å². The van der Waals surface area contributed by atoms with Crippen LogP contribution in [0.15, 0.2) is 24.3 Å². The molecule has 0 radical (unpaired) electrons. The summed E-state index contributed by atoms with van der Waals surface area (Å²) in [5, 5.41) is 9.10. The third-order valence-electron chi connectivity index (χ3n) is 3.70. The first kappa shape index (κ1) is 14.3. The fourth-order valence-corrected chi connectivity index (χ4v) is 2.55. The highest BCUT2D eigenvalue weighted by atomic mass is 16.5. The minimum absolute atomic E-state index is 0.316. The molecule has 0 aromatic heterocycles. The molecule has 0 saturated carbocycles. The minimum Gasteiger partial charge on any atom is -0.493 e. The fourth-order valence-electron chi connectivity index (χ4n) is 2.55. The highest BCUT2D eigenvalue weighted by Gasteiger charge is 2.20. The Bertz CT molecular complexity index is 384. The van der Waals surface area contributed by atoms with Crippen molar-refractivity contribution >= 4 is 0 Å². The highest BCUT2D eigenvalue weighted by Crippen LogP contribution is 2.18. The molecule has 1 saturated heterocycles. The Kier molecular flexibility index (Phi) is 5.63. The third kappa shape index (κ3) is 4.20.